The van der Waals surface area contributed by atoms with E-state index < -0.39 is 12.5 Å². The molecule has 0 aliphatic heterocycles. The number of carbonyl (C=O) groups is 1. The molecule has 2 rings (SSSR count). The highest BCUT2D eigenvalue weighted by Crippen LogP contribution is 2.24. The fourth-order valence-electron chi connectivity index (χ4n) is 1.77. The third-order valence-corrected chi connectivity index (χ3v) is 3.29. The van der Waals surface area contributed by atoms with Crippen LogP contribution in [0.1, 0.15) is 15.9 Å². The average molecular weight is 356 g/mol. The van der Waals surface area contributed by atoms with Crippen molar-refractivity contribution in [1.29, 1.82) is 0 Å². The lowest BCUT2D eigenvalue weighted by molar-refractivity contribution is -0.0501. The van der Waals surface area contributed by atoms with E-state index in [4.69, 9.17) is 0 Å². The van der Waals surface area contributed by atoms with Crippen molar-refractivity contribution >= 4 is 27.5 Å². The zero-order valence-electron chi connectivity index (χ0n) is 11.1. The van der Waals surface area contributed by atoms with E-state index in [9.17, 15) is 13.6 Å². The SMILES string of the molecule is Cc1ccc(Br)cc1NC(=O)c1ccccc1OC(F)F. The second kappa shape index (κ2) is 6.67. The highest BCUT2D eigenvalue weighted by molar-refractivity contribution is 9.10. The molecule has 3 nitrogen and oxygen atoms in total. The number of carbonyl (C=O) groups excluding carboxylic acids is 1. The number of hydrogen-bond donors (Lipinski definition) is 1. The average Bonchev–Trinajstić information content (AvgIpc) is 2.42. The van der Waals surface area contributed by atoms with Crippen LogP contribution >= 0.6 is 15.9 Å². The fourth-order valence-corrected chi connectivity index (χ4v) is 2.13. The fraction of sp³-hybridized carbons (Fsp3) is 0.133. The molecule has 2 aromatic carbocycles. The van der Waals surface area contributed by atoms with E-state index in [0.717, 1.165) is 10.0 Å². The number of amides is 1. The molecule has 0 heterocycles. The number of aryl methyl sites for hydroxylation is 1. The molecule has 0 saturated carbocycles. The number of anilines is 1. The van der Waals surface area contributed by atoms with Crippen LogP contribution in [0.4, 0.5) is 14.5 Å². The van der Waals surface area contributed by atoms with Crippen LogP contribution in [0.3, 0.4) is 0 Å². The molecule has 2 aromatic rings. The van der Waals surface area contributed by atoms with Crippen molar-refractivity contribution in [2.75, 3.05) is 5.32 Å². The van der Waals surface area contributed by atoms with Gasteiger partial charge in [-0.2, -0.15) is 8.78 Å². The van der Waals surface area contributed by atoms with Crippen LogP contribution in [0.25, 0.3) is 0 Å². The minimum Gasteiger partial charge on any atom is -0.434 e. The third-order valence-electron chi connectivity index (χ3n) is 2.80. The molecule has 1 amide bonds. The van der Waals surface area contributed by atoms with Gasteiger partial charge >= 0.3 is 6.61 Å². The lowest BCUT2D eigenvalue weighted by atomic mass is 10.1. The van der Waals surface area contributed by atoms with Crippen molar-refractivity contribution in [3.8, 4) is 5.75 Å². The van der Waals surface area contributed by atoms with E-state index in [0.29, 0.717) is 5.69 Å². The first kappa shape index (κ1) is 15.4. The summed E-state index contributed by atoms with van der Waals surface area (Å²) in [5.74, 6) is -0.662. The highest BCUT2D eigenvalue weighted by Gasteiger charge is 2.16. The van der Waals surface area contributed by atoms with E-state index >= 15 is 0 Å². The maximum Gasteiger partial charge on any atom is 0.387 e. The van der Waals surface area contributed by atoms with Gasteiger partial charge < -0.3 is 10.1 Å². The van der Waals surface area contributed by atoms with Gasteiger partial charge in [0.05, 0.1) is 5.56 Å². The molecular weight excluding hydrogens is 344 g/mol. The predicted octanol–water partition coefficient (Wildman–Crippen LogP) is 4.61. The summed E-state index contributed by atoms with van der Waals surface area (Å²) in [6, 6.07) is 11.3. The number of nitrogens with one attached hydrogen (secondary N) is 1. The Bertz CT molecular complexity index is 662. The zero-order chi connectivity index (χ0) is 15.4. The number of alkyl halides is 2. The van der Waals surface area contributed by atoms with Gasteiger partial charge in [-0.3, -0.25) is 4.79 Å². The van der Waals surface area contributed by atoms with Crippen LogP contribution in [0.5, 0.6) is 5.75 Å². The van der Waals surface area contributed by atoms with Crippen molar-refractivity contribution in [2.45, 2.75) is 13.5 Å². The summed E-state index contributed by atoms with van der Waals surface area (Å²) in [5, 5.41) is 2.69. The molecule has 0 aromatic heterocycles. The molecule has 0 fully saturated rings. The van der Waals surface area contributed by atoms with Crippen molar-refractivity contribution in [1.82, 2.24) is 0 Å². The Hall–Kier alpha value is -1.95. The van der Waals surface area contributed by atoms with Gasteiger partial charge in [0.2, 0.25) is 0 Å². The molecular formula is C15H12BrF2NO2. The summed E-state index contributed by atoms with van der Waals surface area (Å²) < 4.78 is 29.9. The molecule has 0 spiro atoms. The molecule has 0 bridgehead atoms. The maximum absolute atomic E-state index is 12.3. The first-order chi connectivity index (χ1) is 9.97. The molecule has 110 valence electrons. The van der Waals surface area contributed by atoms with Gasteiger partial charge in [0, 0.05) is 10.2 Å². The molecule has 0 saturated heterocycles. The quantitative estimate of drug-likeness (QED) is 0.869. The smallest absolute Gasteiger partial charge is 0.387 e. The van der Waals surface area contributed by atoms with Gasteiger partial charge in [-0.1, -0.05) is 34.1 Å². The Labute approximate surface area is 129 Å². The lowest BCUT2D eigenvalue weighted by Crippen LogP contribution is -2.15. The molecule has 0 unspecified atom stereocenters. The summed E-state index contributed by atoms with van der Waals surface area (Å²) in [6.07, 6.45) is 0. The van der Waals surface area contributed by atoms with E-state index in [1.807, 2.05) is 19.1 Å². The van der Waals surface area contributed by atoms with Gasteiger partial charge in [-0.25, -0.2) is 0 Å². The topological polar surface area (TPSA) is 38.3 Å². The summed E-state index contributed by atoms with van der Waals surface area (Å²) >= 11 is 3.31. The highest BCUT2D eigenvalue weighted by atomic mass is 79.9. The Balaban J connectivity index is 2.26. The van der Waals surface area contributed by atoms with Crippen LogP contribution in [0.2, 0.25) is 0 Å². The minimum absolute atomic E-state index is 0.0529. The zero-order valence-corrected chi connectivity index (χ0v) is 12.7. The van der Waals surface area contributed by atoms with E-state index in [1.165, 1.54) is 18.2 Å². The molecule has 6 heteroatoms. The number of rotatable bonds is 4. The van der Waals surface area contributed by atoms with Crippen molar-refractivity contribution in [3.05, 3.63) is 58.1 Å². The number of para-hydroxylation sites is 1. The maximum atomic E-state index is 12.3. The lowest BCUT2D eigenvalue weighted by Gasteiger charge is -2.12. The largest absolute Gasteiger partial charge is 0.434 e. The number of ether oxygens (including phenoxy) is 1. The summed E-state index contributed by atoms with van der Waals surface area (Å²) in [7, 11) is 0. The van der Waals surface area contributed by atoms with Crippen molar-refractivity contribution < 1.29 is 18.3 Å². The third kappa shape index (κ3) is 4.01. The van der Waals surface area contributed by atoms with Crippen LogP contribution in [0, 0.1) is 6.92 Å². The van der Waals surface area contributed by atoms with Crippen molar-refractivity contribution in [3.63, 3.8) is 0 Å². The van der Waals surface area contributed by atoms with Crippen LogP contribution in [-0.2, 0) is 0 Å². The summed E-state index contributed by atoms with van der Waals surface area (Å²) in [5.41, 5.74) is 1.51. The second-order valence-electron chi connectivity index (χ2n) is 4.29. The van der Waals surface area contributed by atoms with Gasteiger partial charge in [0.1, 0.15) is 5.75 Å². The molecule has 0 aliphatic carbocycles. The van der Waals surface area contributed by atoms with E-state index in [2.05, 4.69) is 26.0 Å². The Morgan fingerprint density at radius 2 is 1.95 bits per heavy atom. The standard InChI is InChI=1S/C15H12BrF2NO2/c1-9-6-7-10(16)8-12(9)19-14(20)11-4-2-3-5-13(11)21-15(17)18/h2-8,15H,1H3,(H,19,20). The van der Waals surface area contributed by atoms with E-state index in [-0.39, 0.29) is 11.3 Å². The second-order valence-corrected chi connectivity index (χ2v) is 5.20. The molecule has 21 heavy (non-hydrogen) atoms. The van der Waals surface area contributed by atoms with Crippen LogP contribution in [-0.4, -0.2) is 12.5 Å². The van der Waals surface area contributed by atoms with Gasteiger partial charge in [-0.15, -0.1) is 0 Å². The first-order valence-corrected chi connectivity index (χ1v) is 6.88. The minimum atomic E-state index is -2.98. The number of hydrogen-bond acceptors (Lipinski definition) is 2. The Morgan fingerprint density at radius 1 is 1.24 bits per heavy atom. The normalized spacial score (nSPS) is 10.5. The Morgan fingerprint density at radius 3 is 2.67 bits per heavy atom. The van der Waals surface area contributed by atoms with Gasteiger partial charge in [-0.05, 0) is 36.8 Å². The monoisotopic (exact) mass is 355 g/mol. The van der Waals surface area contributed by atoms with E-state index in [1.54, 1.807) is 12.1 Å². The van der Waals surface area contributed by atoms with Crippen molar-refractivity contribution in [2.24, 2.45) is 0 Å². The van der Waals surface area contributed by atoms with Gasteiger partial charge in [0.25, 0.3) is 5.91 Å². The number of halogens is 3. The number of benzene rings is 2. The Kier molecular flexibility index (Phi) is 4.90. The first-order valence-electron chi connectivity index (χ1n) is 6.08. The van der Waals surface area contributed by atoms with Crippen LogP contribution < -0.4 is 10.1 Å². The molecule has 0 radical (unpaired) electrons. The summed E-state index contributed by atoms with van der Waals surface area (Å²) in [4.78, 5) is 12.2. The van der Waals surface area contributed by atoms with Crippen LogP contribution in [0.15, 0.2) is 46.9 Å². The molecule has 0 aliphatic rings. The molecule has 0 atom stereocenters. The predicted molar refractivity (Wildman–Crippen MR) is 79.9 cm³/mol. The van der Waals surface area contributed by atoms with Gasteiger partial charge in [0.15, 0.2) is 0 Å². The molecule has 1 N–H and O–H groups in total. The summed E-state index contributed by atoms with van der Waals surface area (Å²) in [6.45, 7) is -1.14.